The van der Waals surface area contributed by atoms with Crippen LogP contribution in [0, 0.1) is 5.92 Å². The molecule has 0 saturated carbocycles. The van der Waals surface area contributed by atoms with Crippen LogP contribution in [0.1, 0.15) is 37.7 Å². The number of benzene rings is 1. The Morgan fingerprint density at radius 2 is 1.92 bits per heavy atom. The molecule has 2 saturated heterocycles. The highest BCUT2D eigenvalue weighted by Gasteiger charge is 2.33. The SMILES string of the molecule is COc1ccc(C=CC(=O)OC[C@@H]2CCCN3CCCC[C@H]23)cc1OC. The number of methoxy groups -OCH3 is 2. The van der Waals surface area contributed by atoms with Gasteiger partial charge in [-0.05, 0) is 62.5 Å². The smallest absolute Gasteiger partial charge is 0.330 e. The second kappa shape index (κ2) is 9.08. The van der Waals surface area contributed by atoms with E-state index in [4.69, 9.17) is 14.2 Å². The van der Waals surface area contributed by atoms with E-state index in [0.29, 0.717) is 30.1 Å². The monoisotopic (exact) mass is 359 g/mol. The molecule has 2 atom stereocenters. The van der Waals surface area contributed by atoms with Gasteiger partial charge < -0.3 is 14.2 Å². The normalized spacial score (nSPS) is 23.5. The molecular weight excluding hydrogens is 330 g/mol. The number of hydrogen-bond donors (Lipinski definition) is 0. The first-order valence-corrected chi connectivity index (χ1v) is 9.52. The summed E-state index contributed by atoms with van der Waals surface area (Å²) in [6.07, 6.45) is 9.44. The van der Waals surface area contributed by atoms with E-state index in [0.717, 1.165) is 12.0 Å². The van der Waals surface area contributed by atoms with E-state index in [1.807, 2.05) is 18.2 Å². The molecule has 26 heavy (non-hydrogen) atoms. The average Bonchev–Trinajstić information content (AvgIpc) is 2.70. The second-order valence-corrected chi connectivity index (χ2v) is 7.08. The number of rotatable bonds is 6. The molecule has 0 amide bonds. The lowest BCUT2D eigenvalue weighted by atomic mass is 9.84. The Hall–Kier alpha value is -2.01. The maximum absolute atomic E-state index is 12.1. The molecule has 0 unspecified atom stereocenters. The van der Waals surface area contributed by atoms with Crippen LogP contribution in [0.15, 0.2) is 24.3 Å². The zero-order valence-electron chi connectivity index (χ0n) is 15.8. The summed E-state index contributed by atoms with van der Waals surface area (Å²) in [5.41, 5.74) is 0.871. The summed E-state index contributed by atoms with van der Waals surface area (Å²) in [6.45, 7) is 2.93. The lowest BCUT2D eigenvalue weighted by Crippen LogP contribution is -2.49. The summed E-state index contributed by atoms with van der Waals surface area (Å²) >= 11 is 0. The molecule has 0 spiro atoms. The summed E-state index contributed by atoms with van der Waals surface area (Å²) in [5, 5.41) is 0. The fourth-order valence-corrected chi connectivity index (χ4v) is 4.13. The van der Waals surface area contributed by atoms with E-state index in [1.54, 1.807) is 20.3 Å². The Balaban J connectivity index is 1.53. The van der Waals surface area contributed by atoms with Crippen molar-refractivity contribution in [3.8, 4) is 11.5 Å². The number of piperidine rings is 2. The molecule has 0 bridgehead atoms. The van der Waals surface area contributed by atoms with Crippen LogP contribution in [-0.4, -0.2) is 50.8 Å². The fourth-order valence-electron chi connectivity index (χ4n) is 4.13. The van der Waals surface area contributed by atoms with Crippen molar-refractivity contribution in [2.45, 2.75) is 38.1 Å². The molecule has 1 aromatic carbocycles. The van der Waals surface area contributed by atoms with E-state index < -0.39 is 0 Å². The standard InChI is InChI=1S/C21H29NO4/c1-24-19-10-8-16(14-20(19)25-2)9-11-21(23)26-15-17-6-5-13-22-12-4-3-7-18(17)22/h8-11,14,17-18H,3-7,12-13,15H2,1-2H3/t17-,18+/m0/s1. The second-order valence-electron chi connectivity index (χ2n) is 7.08. The van der Waals surface area contributed by atoms with Gasteiger partial charge in [-0.15, -0.1) is 0 Å². The number of hydrogen-bond acceptors (Lipinski definition) is 5. The van der Waals surface area contributed by atoms with Crippen LogP contribution in [-0.2, 0) is 9.53 Å². The van der Waals surface area contributed by atoms with E-state index in [2.05, 4.69) is 4.90 Å². The Morgan fingerprint density at radius 3 is 2.73 bits per heavy atom. The highest BCUT2D eigenvalue weighted by Crippen LogP contribution is 2.31. The van der Waals surface area contributed by atoms with Gasteiger partial charge in [0.1, 0.15) is 0 Å². The number of fused-ring (bicyclic) bond motifs is 1. The van der Waals surface area contributed by atoms with Gasteiger partial charge in [0.25, 0.3) is 0 Å². The molecule has 0 N–H and O–H groups in total. The van der Waals surface area contributed by atoms with Crippen molar-refractivity contribution in [1.29, 1.82) is 0 Å². The van der Waals surface area contributed by atoms with Gasteiger partial charge >= 0.3 is 5.97 Å². The summed E-state index contributed by atoms with van der Waals surface area (Å²) in [7, 11) is 3.20. The third-order valence-corrected chi connectivity index (χ3v) is 5.49. The molecule has 2 aliphatic heterocycles. The molecule has 2 heterocycles. The highest BCUT2D eigenvalue weighted by molar-refractivity contribution is 5.87. The van der Waals surface area contributed by atoms with Gasteiger partial charge in [0.15, 0.2) is 11.5 Å². The van der Waals surface area contributed by atoms with Crippen LogP contribution < -0.4 is 9.47 Å². The predicted molar refractivity (Wildman–Crippen MR) is 101 cm³/mol. The third kappa shape index (κ3) is 4.58. The van der Waals surface area contributed by atoms with E-state index >= 15 is 0 Å². The maximum atomic E-state index is 12.1. The molecule has 0 aliphatic carbocycles. The summed E-state index contributed by atoms with van der Waals surface area (Å²) in [4.78, 5) is 14.7. The van der Waals surface area contributed by atoms with E-state index in [-0.39, 0.29) is 5.97 Å². The maximum Gasteiger partial charge on any atom is 0.330 e. The van der Waals surface area contributed by atoms with Gasteiger partial charge in [-0.3, -0.25) is 4.90 Å². The zero-order chi connectivity index (χ0) is 18.4. The molecule has 1 aromatic rings. The molecule has 0 aromatic heterocycles. The van der Waals surface area contributed by atoms with Crippen LogP contribution in [0.2, 0.25) is 0 Å². The van der Waals surface area contributed by atoms with Crippen molar-refractivity contribution in [3.05, 3.63) is 29.8 Å². The quantitative estimate of drug-likeness (QED) is 0.574. The number of ether oxygens (including phenoxy) is 3. The first-order valence-electron chi connectivity index (χ1n) is 9.52. The molecule has 2 fully saturated rings. The van der Waals surface area contributed by atoms with Gasteiger partial charge in [0.2, 0.25) is 0 Å². The molecule has 3 rings (SSSR count). The largest absolute Gasteiger partial charge is 0.493 e. The van der Waals surface area contributed by atoms with Gasteiger partial charge in [-0.25, -0.2) is 4.79 Å². The molecule has 2 aliphatic rings. The first kappa shape index (κ1) is 18.8. The molecule has 5 nitrogen and oxygen atoms in total. The van der Waals surface area contributed by atoms with Crippen LogP contribution in [0.25, 0.3) is 6.08 Å². The van der Waals surface area contributed by atoms with Gasteiger partial charge in [-0.1, -0.05) is 12.5 Å². The van der Waals surface area contributed by atoms with Gasteiger partial charge in [0.05, 0.1) is 20.8 Å². The van der Waals surface area contributed by atoms with Gasteiger partial charge in [-0.2, -0.15) is 0 Å². The third-order valence-electron chi connectivity index (χ3n) is 5.49. The summed E-state index contributed by atoms with van der Waals surface area (Å²) in [6, 6.07) is 6.14. The number of esters is 1. The number of nitrogens with zero attached hydrogens (tertiary/aromatic N) is 1. The van der Waals surface area contributed by atoms with E-state index in [9.17, 15) is 4.79 Å². The highest BCUT2D eigenvalue weighted by atomic mass is 16.5. The van der Waals surface area contributed by atoms with Crippen molar-refractivity contribution in [2.75, 3.05) is 33.9 Å². The van der Waals surface area contributed by atoms with Crippen LogP contribution in [0.4, 0.5) is 0 Å². The van der Waals surface area contributed by atoms with Crippen molar-refractivity contribution >= 4 is 12.0 Å². The molecule has 142 valence electrons. The minimum atomic E-state index is -0.285. The van der Waals surface area contributed by atoms with Crippen LogP contribution in [0.3, 0.4) is 0 Å². The van der Waals surface area contributed by atoms with E-state index in [1.165, 1.54) is 44.8 Å². The predicted octanol–water partition coefficient (Wildman–Crippen LogP) is 3.52. The van der Waals surface area contributed by atoms with Gasteiger partial charge in [0, 0.05) is 18.0 Å². The Bertz CT molecular complexity index is 641. The lowest BCUT2D eigenvalue weighted by molar-refractivity contribution is -0.140. The average molecular weight is 359 g/mol. The minimum absolute atomic E-state index is 0.285. The Kier molecular flexibility index (Phi) is 6.56. The lowest BCUT2D eigenvalue weighted by Gasteiger charge is -2.44. The number of carbonyl (C=O) groups excluding carboxylic acids is 1. The van der Waals surface area contributed by atoms with Crippen LogP contribution >= 0.6 is 0 Å². The van der Waals surface area contributed by atoms with Crippen molar-refractivity contribution in [1.82, 2.24) is 4.90 Å². The Labute approximate surface area is 155 Å². The van der Waals surface area contributed by atoms with Crippen molar-refractivity contribution in [3.63, 3.8) is 0 Å². The molecular formula is C21H29NO4. The number of carbonyl (C=O) groups is 1. The zero-order valence-corrected chi connectivity index (χ0v) is 15.8. The molecule has 5 heteroatoms. The molecule has 0 radical (unpaired) electrons. The Morgan fingerprint density at radius 1 is 1.12 bits per heavy atom. The van der Waals surface area contributed by atoms with Crippen molar-refractivity contribution < 1.29 is 19.0 Å². The van der Waals surface area contributed by atoms with Crippen molar-refractivity contribution in [2.24, 2.45) is 5.92 Å². The summed E-state index contributed by atoms with van der Waals surface area (Å²) < 4.78 is 16.0. The van der Waals surface area contributed by atoms with Crippen LogP contribution in [0.5, 0.6) is 11.5 Å². The fraction of sp³-hybridized carbons (Fsp3) is 0.571. The summed E-state index contributed by atoms with van der Waals surface area (Å²) in [5.74, 6) is 1.50. The first-order chi connectivity index (χ1) is 12.7. The topological polar surface area (TPSA) is 48.0 Å². The minimum Gasteiger partial charge on any atom is -0.493 e.